The van der Waals surface area contributed by atoms with Gasteiger partial charge in [0.25, 0.3) is 0 Å². The number of hydrogen-bond donors (Lipinski definition) is 2. The monoisotopic (exact) mass is 513 g/mol. The molecule has 0 radical (unpaired) electrons. The highest BCUT2D eigenvalue weighted by Crippen LogP contribution is 2.35. The van der Waals surface area contributed by atoms with E-state index >= 15 is 0 Å². The molecule has 0 unspecified atom stereocenters. The van der Waals surface area contributed by atoms with Crippen LogP contribution in [0.25, 0.3) is 16.9 Å². The number of ether oxygens (including phenoxy) is 1. The Morgan fingerprint density at radius 1 is 1.13 bits per heavy atom. The van der Waals surface area contributed by atoms with E-state index in [0.29, 0.717) is 12.4 Å². The number of benzene rings is 2. The van der Waals surface area contributed by atoms with Crippen molar-refractivity contribution in [3.05, 3.63) is 84.2 Å². The van der Waals surface area contributed by atoms with Gasteiger partial charge in [0.2, 0.25) is 0 Å². The van der Waals surface area contributed by atoms with Crippen LogP contribution in [0.1, 0.15) is 18.1 Å². The Labute approximate surface area is 223 Å². The topological polar surface area (TPSA) is 89.2 Å². The van der Waals surface area contributed by atoms with Crippen molar-refractivity contribution >= 4 is 11.8 Å². The number of rotatable bonds is 8. The van der Waals surface area contributed by atoms with E-state index in [1.54, 1.807) is 22.7 Å². The third-order valence-electron chi connectivity index (χ3n) is 7.45. The molecule has 1 saturated heterocycles. The molecule has 9 nitrogen and oxygen atoms in total. The van der Waals surface area contributed by atoms with Crippen molar-refractivity contribution in [2.75, 3.05) is 38.7 Å². The summed E-state index contributed by atoms with van der Waals surface area (Å²) in [7, 11) is 3.59. The first-order chi connectivity index (χ1) is 18.4. The van der Waals surface area contributed by atoms with Crippen molar-refractivity contribution in [1.29, 1.82) is 0 Å². The molecule has 2 aromatic heterocycles. The smallest absolute Gasteiger partial charge is 0.320 e. The van der Waals surface area contributed by atoms with Gasteiger partial charge in [-0.15, -0.1) is 0 Å². The molecular weight excluding hydrogens is 478 g/mol. The second-order valence-corrected chi connectivity index (χ2v) is 10.1. The van der Waals surface area contributed by atoms with E-state index in [1.807, 2.05) is 56.6 Å². The van der Waals surface area contributed by atoms with E-state index in [9.17, 15) is 4.79 Å². The number of carbonyl (C=O) groups excluding carboxylic acids is 1. The summed E-state index contributed by atoms with van der Waals surface area (Å²) in [6.45, 7) is 7.22. The van der Waals surface area contributed by atoms with Crippen LogP contribution in [-0.2, 0) is 17.2 Å². The number of nitrogens with zero attached hydrogens (tertiary/aromatic N) is 5. The second-order valence-electron chi connectivity index (χ2n) is 10.1. The van der Waals surface area contributed by atoms with Gasteiger partial charge < -0.3 is 10.1 Å². The van der Waals surface area contributed by atoms with E-state index in [1.165, 1.54) is 5.56 Å². The van der Waals surface area contributed by atoms with Gasteiger partial charge in [-0.3, -0.25) is 14.9 Å². The summed E-state index contributed by atoms with van der Waals surface area (Å²) < 4.78 is 8.86. The Kier molecular flexibility index (Phi) is 7.31. The molecule has 0 bridgehead atoms. The molecule has 38 heavy (non-hydrogen) atoms. The van der Waals surface area contributed by atoms with Crippen LogP contribution in [0.4, 0.5) is 10.6 Å². The maximum Gasteiger partial charge on any atom is 0.320 e. The molecule has 0 saturated carbocycles. The van der Waals surface area contributed by atoms with Crippen LogP contribution in [0.15, 0.2) is 73.1 Å². The molecule has 2 atom stereocenters. The van der Waals surface area contributed by atoms with Gasteiger partial charge in [-0.2, -0.15) is 10.2 Å². The molecule has 1 aliphatic heterocycles. The number of carbonyl (C=O) groups is 1. The zero-order valence-corrected chi connectivity index (χ0v) is 22.4. The molecule has 2 aromatic carbocycles. The first-order valence-electron chi connectivity index (χ1n) is 12.9. The molecule has 3 heterocycles. The lowest BCUT2D eigenvalue weighted by molar-refractivity contribution is 0.157. The van der Waals surface area contributed by atoms with Crippen LogP contribution in [0.5, 0.6) is 0 Å². The van der Waals surface area contributed by atoms with Crippen molar-refractivity contribution in [3.63, 3.8) is 0 Å². The van der Waals surface area contributed by atoms with Crippen molar-refractivity contribution in [2.45, 2.75) is 25.3 Å². The molecule has 0 spiro atoms. The zero-order valence-electron chi connectivity index (χ0n) is 22.4. The van der Waals surface area contributed by atoms with Gasteiger partial charge in [0.15, 0.2) is 0 Å². The average molecular weight is 514 g/mol. The molecule has 5 rings (SSSR count). The molecular formula is C29H35N7O2. The quantitative estimate of drug-likeness (QED) is 0.372. The molecule has 198 valence electrons. The van der Waals surface area contributed by atoms with Gasteiger partial charge in [-0.25, -0.2) is 9.48 Å². The van der Waals surface area contributed by atoms with E-state index in [4.69, 9.17) is 9.84 Å². The summed E-state index contributed by atoms with van der Waals surface area (Å²) in [6.07, 6.45) is 3.71. The SMILES string of the molecule is COCCN1C[C@@H](NC(=O)Nc2c(C)c(-c3cnn(C)c3)nn2-c2ccccc2)[C@](C)(c2ccccc2)C1. The minimum absolute atomic E-state index is 0.0899. The maximum atomic E-state index is 13.6. The van der Waals surface area contributed by atoms with Gasteiger partial charge in [0.1, 0.15) is 11.5 Å². The largest absolute Gasteiger partial charge is 0.383 e. The van der Waals surface area contributed by atoms with Crippen LogP contribution in [0.3, 0.4) is 0 Å². The third kappa shape index (κ3) is 5.07. The summed E-state index contributed by atoms with van der Waals surface area (Å²) in [5, 5.41) is 15.6. The number of para-hydroxylation sites is 1. The Hall–Kier alpha value is -3.95. The van der Waals surface area contributed by atoms with Crippen LogP contribution in [0.2, 0.25) is 0 Å². The summed E-state index contributed by atoms with van der Waals surface area (Å²) in [5.41, 5.74) is 4.36. The van der Waals surface area contributed by atoms with Crippen molar-refractivity contribution in [2.24, 2.45) is 7.05 Å². The normalized spacial score (nSPS) is 19.5. The Morgan fingerprint density at radius 3 is 2.50 bits per heavy atom. The highest BCUT2D eigenvalue weighted by atomic mass is 16.5. The van der Waals surface area contributed by atoms with Gasteiger partial charge >= 0.3 is 6.03 Å². The number of anilines is 1. The number of amides is 2. The summed E-state index contributed by atoms with van der Waals surface area (Å²) in [4.78, 5) is 15.9. The number of hydrogen-bond acceptors (Lipinski definition) is 5. The molecule has 1 fully saturated rings. The highest BCUT2D eigenvalue weighted by Gasteiger charge is 2.44. The first-order valence-corrected chi connectivity index (χ1v) is 12.9. The van der Waals surface area contributed by atoms with Crippen molar-refractivity contribution in [3.8, 4) is 16.9 Å². The van der Waals surface area contributed by atoms with Gasteiger partial charge in [-0.05, 0) is 24.6 Å². The Bertz CT molecular complexity index is 1380. The fraction of sp³-hybridized carbons (Fsp3) is 0.345. The molecule has 2 amide bonds. The van der Waals surface area contributed by atoms with Gasteiger partial charge in [0, 0.05) is 56.5 Å². The lowest BCUT2D eigenvalue weighted by atomic mass is 9.78. The number of nitrogens with one attached hydrogen (secondary N) is 2. The first kappa shape index (κ1) is 25.7. The zero-order chi connectivity index (χ0) is 26.7. The van der Waals surface area contributed by atoms with Crippen LogP contribution in [0, 0.1) is 6.92 Å². The Morgan fingerprint density at radius 2 is 1.84 bits per heavy atom. The van der Waals surface area contributed by atoms with Gasteiger partial charge in [-0.1, -0.05) is 55.5 Å². The van der Waals surface area contributed by atoms with Crippen LogP contribution < -0.4 is 10.6 Å². The third-order valence-corrected chi connectivity index (χ3v) is 7.45. The summed E-state index contributed by atoms with van der Waals surface area (Å²) in [6, 6.07) is 19.9. The Balaban J connectivity index is 1.44. The molecule has 9 heteroatoms. The maximum absolute atomic E-state index is 13.6. The standard InChI is InChI=1S/C29H35N7O2/c1-21-26(22-17-30-34(3)18-22)33-36(24-13-9-6-10-14-24)27(21)32-28(37)31-25-19-35(15-16-38-4)20-29(25,2)23-11-7-5-8-12-23/h5-14,17-18,25H,15-16,19-20H2,1-4H3,(H2,31,32,37)/t25-,29+/m1/s1. The van der Waals surface area contributed by atoms with E-state index in [-0.39, 0.29) is 17.5 Å². The fourth-order valence-electron chi connectivity index (χ4n) is 5.32. The van der Waals surface area contributed by atoms with Crippen molar-refractivity contribution < 1.29 is 9.53 Å². The van der Waals surface area contributed by atoms with Crippen LogP contribution in [-0.4, -0.2) is 69.9 Å². The predicted molar refractivity (Wildman–Crippen MR) is 149 cm³/mol. The molecule has 0 aliphatic carbocycles. The number of methoxy groups -OCH3 is 1. The van der Waals surface area contributed by atoms with Gasteiger partial charge in [0.05, 0.1) is 24.5 Å². The van der Waals surface area contributed by atoms with Crippen molar-refractivity contribution in [1.82, 2.24) is 29.8 Å². The lowest BCUT2D eigenvalue weighted by Gasteiger charge is -2.32. The van der Waals surface area contributed by atoms with E-state index in [2.05, 4.69) is 51.8 Å². The van der Waals surface area contributed by atoms with Crippen LogP contribution >= 0.6 is 0 Å². The molecule has 2 N–H and O–H groups in total. The summed E-state index contributed by atoms with van der Waals surface area (Å²) >= 11 is 0. The van der Waals surface area contributed by atoms with E-state index < -0.39 is 0 Å². The minimum atomic E-state index is -0.260. The second kappa shape index (κ2) is 10.8. The highest BCUT2D eigenvalue weighted by molar-refractivity contribution is 5.91. The number of aryl methyl sites for hydroxylation is 1. The molecule has 1 aliphatic rings. The fourth-order valence-corrected chi connectivity index (χ4v) is 5.32. The average Bonchev–Trinajstić information content (AvgIpc) is 3.60. The minimum Gasteiger partial charge on any atom is -0.383 e. The predicted octanol–water partition coefficient (Wildman–Crippen LogP) is 3.99. The van der Waals surface area contributed by atoms with E-state index in [0.717, 1.165) is 42.1 Å². The lowest BCUT2D eigenvalue weighted by Crippen LogP contribution is -2.49. The number of aromatic nitrogens is 4. The number of likely N-dealkylation sites (tertiary alicyclic amines) is 1. The summed E-state index contributed by atoms with van der Waals surface area (Å²) in [5.74, 6) is 0.628. The number of urea groups is 1. The molecule has 4 aromatic rings.